The summed E-state index contributed by atoms with van der Waals surface area (Å²) >= 11 is 0.996. The van der Waals surface area contributed by atoms with Crippen molar-refractivity contribution in [1.82, 2.24) is 24.8 Å². The lowest BCUT2D eigenvalue weighted by Crippen LogP contribution is -2.58. The monoisotopic (exact) mass is 702 g/mol. The Balaban J connectivity index is 1.20. The Kier molecular flexibility index (Phi) is 8.47. The van der Waals surface area contributed by atoms with Crippen molar-refractivity contribution in [3.05, 3.63) is 35.5 Å². The molecule has 4 aliphatic rings. The molecule has 3 aromatic heterocycles. The van der Waals surface area contributed by atoms with Gasteiger partial charge in [-0.15, -0.1) is 11.3 Å². The quantitative estimate of drug-likeness (QED) is 0.184. The Morgan fingerprint density at radius 2 is 1.90 bits per heavy atom. The zero-order valence-electron chi connectivity index (χ0n) is 28.5. The van der Waals surface area contributed by atoms with Crippen LogP contribution in [0.15, 0.2) is 23.3 Å². The molecule has 2 unspecified atom stereocenters. The van der Waals surface area contributed by atoms with Crippen LogP contribution in [0.3, 0.4) is 0 Å². The van der Waals surface area contributed by atoms with E-state index in [2.05, 4.69) is 51.6 Å². The molecule has 1 aromatic carbocycles. The number of thiophene rings is 1. The number of hydrogen-bond donors (Lipinski definition) is 0. The third kappa shape index (κ3) is 5.41. The summed E-state index contributed by atoms with van der Waals surface area (Å²) in [4.78, 5) is 24.9. The summed E-state index contributed by atoms with van der Waals surface area (Å²) in [6, 6.07) is 5.67. The molecule has 0 amide bonds. The number of halogens is 2. The van der Waals surface area contributed by atoms with Crippen LogP contribution >= 0.6 is 11.3 Å². The summed E-state index contributed by atoms with van der Waals surface area (Å²) in [5.41, 5.74) is 0.0982. The number of benzene rings is 1. The highest BCUT2D eigenvalue weighted by Crippen LogP contribution is 2.45. The first-order valence-electron chi connectivity index (χ1n) is 17.1. The van der Waals surface area contributed by atoms with E-state index >= 15 is 4.39 Å². The fraction of sp³-hybridized carbons (Fsp3) is 0.528. The molecule has 50 heavy (non-hydrogen) atoms. The number of fused-ring (bicyclic) bond motifs is 4. The SMILES string of the molecule is C=Nc1sc2c(F)ccc(-c3ncc4c(N(C)CC5(N(C)C)CCC5)nc(OCC5(CN6C7CCC6COC7)COC5)nc4c3F)c2c1C#N. The van der Waals surface area contributed by atoms with E-state index in [0.29, 0.717) is 49.7 Å². The Morgan fingerprint density at radius 1 is 1.14 bits per heavy atom. The zero-order chi connectivity index (χ0) is 34.8. The minimum absolute atomic E-state index is 0.0347. The number of nitrogens with zero attached hydrogens (tertiary/aromatic N) is 8. The molecule has 1 saturated carbocycles. The second-order valence-corrected chi connectivity index (χ2v) is 15.6. The largest absolute Gasteiger partial charge is 0.463 e. The van der Waals surface area contributed by atoms with Crippen LogP contribution in [-0.2, 0) is 9.47 Å². The van der Waals surface area contributed by atoms with Gasteiger partial charge in [-0.25, -0.2) is 8.78 Å². The second kappa shape index (κ2) is 12.7. The van der Waals surface area contributed by atoms with Crippen LogP contribution in [0.25, 0.3) is 32.2 Å². The molecular weight excluding hydrogens is 663 g/mol. The van der Waals surface area contributed by atoms with E-state index < -0.39 is 11.6 Å². The summed E-state index contributed by atoms with van der Waals surface area (Å²) < 4.78 is 50.1. The lowest BCUT2D eigenvalue weighted by molar-refractivity contribution is -0.158. The average Bonchev–Trinajstić information content (AvgIpc) is 3.55. The molecule has 3 saturated heterocycles. The van der Waals surface area contributed by atoms with Gasteiger partial charge in [0.1, 0.15) is 40.5 Å². The number of aliphatic imine (C=N–C) groups is 1. The minimum Gasteiger partial charge on any atom is -0.463 e. The van der Waals surface area contributed by atoms with E-state index in [1.54, 1.807) is 6.20 Å². The number of anilines is 1. The lowest BCUT2D eigenvalue weighted by atomic mass is 9.75. The molecule has 8 rings (SSSR count). The summed E-state index contributed by atoms with van der Waals surface area (Å²) in [6.07, 6.45) is 7.04. The average molecular weight is 703 g/mol. The van der Waals surface area contributed by atoms with Gasteiger partial charge in [-0.3, -0.25) is 14.9 Å². The Bertz CT molecular complexity index is 2010. The third-order valence-corrected chi connectivity index (χ3v) is 12.4. The van der Waals surface area contributed by atoms with Gasteiger partial charge in [-0.05, 0) is 65.0 Å². The minimum atomic E-state index is -0.710. The predicted molar refractivity (Wildman–Crippen MR) is 189 cm³/mol. The number of morpholine rings is 1. The van der Waals surface area contributed by atoms with Crippen LogP contribution in [-0.4, -0.2) is 116 Å². The molecule has 2 atom stereocenters. The molecule has 0 radical (unpaired) electrons. The van der Waals surface area contributed by atoms with Gasteiger partial charge in [0, 0.05) is 54.9 Å². The maximum atomic E-state index is 16.9. The number of rotatable bonds is 11. The first-order valence-corrected chi connectivity index (χ1v) is 17.9. The summed E-state index contributed by atoms with van der Waals surface area (Å²) in [5, 5.41) is 10.9. The van der Waals surface area contributed by atoms with E-state index in [-0.39, 0.29) is 54.4 Å². The Hall–Kier alpha value is -3.87. The van der Waals surface area contributed by atoms with Crippen molar-refractivity contribution in [2.45, 2.75) is 49.7 Å². The van der Waals surface area contributed by atoms with Crippen molar-refractivity contribution < 1.29 is 23.0 Å². The Labute approximate surface area is 293 Å². The van der Waals surface area contributed by atoms with Crippen LogP contribution in [0, 0.1) is 28.4 Å². The summed E-state index contributed by atoms with van der Waals surface area (Å²) in [6.45, 7) is 7.95. The maximum absolute atomic E-state index is 16.9. The van der Waals surface area contributed by atoms with Gasteiger partial charge in [0.05, 0.1) is 47.5 Å². The highest BCUT2D eigenvalue weighted by molar-refractivity contribution is 7.23. The van der Waals surface area contributed by atoms with E-state index in [4.69, 9.17) is 19.2 Å². The van der Waals surface area contributed by atoms with Crippen molar-refractivity contribution in [3.63, 3.8) is 0 Å². The number of nitriles is 1. The van der Waals surface area contributed by atoms with Crippen molar-refractivity contribution in [1.29, 1.82) is 5.26 Å². The van der Waals surface area contributed by atoms with Crippen LogP contribution < -0.4 is 9.64 Å². The second-order valence-electron chi connectivity index (χ2n) is 14.6. The van der Waals surface area contributed by atoms with Crippen LogP contribution in [0.4, 0.5) is 19.6 Å². The molecule has 1 aliphatic carbocycles. The number of aromatic nitrogens is 3. The fourth-order valence-corrected chi connectivity index (χ4v) is 9.16. The van der Waals surface area contributed by atoms with Crippen molar-refractivity contribution in [2.75, 3.05) is 72.2 Å². The molecule has 0 spiro atoms. The smallest absolute Gasteiger partial charge is 0.319 e. The first-order chi connectivity index (χ1) is 24.2. The number of pyridine rings is 1. The topological polar surface area (TPSA) is 112 Å². The molecule has 6 heterocycles. The van der Waals surface area contributed by atoms with Crippen molar-refractivity contribution in [3.8, 4) is 23.3 Å². The van der Waals surface area contributed by atoms with Gasteiger partial charge in [0.15, 0.2) is 5.82 Å². The van der Waals surface area contributed by atoms with Gasteiger partial charge in [0.25, 0.3) is 0 Å². The molecule has 2 bridgehead atoms. The first kappa shape index (κ1) is 33.3. The van der Waals surface area contributed by atoms with Crippen molar-refractivity contribution in [2.24, 2.45) is 10.4 Å². The molecule has 0 N–H and O–H groups in total. The third-order valence-electron chi connectivity index (χ3n) is 11.3. The van der Waals surface area contributed by atoms with E-state index in [1.165, 1.54) is 12.1 Å². The standard InChI is InChI=1S/C36H40F2N8O3S/c1-40-33-24(12-39)27-23(8-9-26(37)31(27)50-33)29-28(38)30-25(13-41-29)32(45(4)17-36(44(2)3)10-5-11-36)43-34(42-30)49-20-35(18-48-19-35)16-46-21-6-7-22(46)15-47-14-21/h8-9,13,21-22H,1,5-7,10-11,14-20H2,2-4H3. The zero-order valence-corrected chi connectivity index (χ0v) is 29.4. The summed E-state index contributed by atoms with van der Waals surface area (Å²) in [7, 11) is 6.13. The van der Waals surface area contributed by atoms with Gasteiger partial charge in [-0.2, -0.15) is 15.2 Å². The molecule has 3 aliphatic heterocycles. The van der Waals surface area contributed by atoms with E-state index in [0.717, 1.165) is 63.2 Å². The van der Waals surface area contributed by atoms with Crippen molar-refractivity contribution >= 4 is 49.9 Å². The lowest BCUT2D eigenvalue weighted by Gasteiger charge is -2.49. The molecule has 262 valence electrons. The number of ether oxygens (including phenoxy) is 3. The van der Waals surface area contributed by atoms with Gasteiger partial charge in [0.2, 0.25) is 0 Å². The van der Waals surface area contributed by atoms with Crippen LogP contribution in [0.2, 0.25) is 0 Å². The van der Waals surface area contributed by atoms with E-state index in [1.807, 2.05) is 11.9 Å². The maximum Gasteiger partial charge on any atom is 0.319 e. The summed E-state index contributed by atoms with van der Waals surface area (Å²) in [5.74, 6) is -0.733. The van der Waals surface area contributed by atoms with Gasteiger partial charge >= 0.3 is 6.01 Å². The molecule has 4 aromatic rings. The normalized spacial score (nSPS) is 22.3. The molecule has 14 heteroatoms. The highest BCUT2D eigenvalue weighted by atomic mass is 32.1. The van der Waals surface area contributed by atoms with Crippen LogP contribution in [0.1, 0.15) is 37.7 Å². The van der Waals surface area contributed by atoms with E-state index in [9.17, 15) is 9.65 Å². The fourth-order valence-electron chi connectivity index (χ4n) is 8.17. The highest BCUT2D eigenvalue weighted by Gasteiger charge is 2.47. The van der Waals surface area contributed by atoms with Gasteiger partial charge < -0.3 is 24.0 Å². The number of likely N-dealkylation sites (N-methyl/N-ethyl adjacent to an activating group) is 2. The molecule has 11 nitrogen and oxygen atoms in total. The number of hydrogen-bond acceptors (Lipinski definition) is 12. The Morgan fingerprint density at radius 3 is 2.52 bits per heavy atom. The van der Waals surface area contributed by atoms with Gasteiger partial charge in [-0.1, -0.05) is 0 Å². The van der Waals surface area contributed by atoms with Crippen LogP contribution in [0.5, 0.6) is 6.01 Å². The molecular formula is C36H40F2N8O3S. The molecule has 4 fully saturated rings. The predicted octanol–water partition coefficient (Wildman–Crippen LogP) is 5.57.